The minimum atomic E-state index is 0.827. The zero-order valence-electron chi connectivity index (χ0n) is 13.9. The molecular weight excluding hydrogens is 258 g/mol. The molecule has 1 atom stereocenters. The van der Waals surface area contributed by atoms with Crippen molar-refractivity contribution >= 4 is 0 Å². The summed E-state index contributed by atoms with van der Waals surface area (Å²) in [5.74, 6) is 1.74. The Morgan fingerprint density at radius 3 is 2.81 bits per heavy atom. The molecule has 1 aromatic heterocycles. The topological polar surface area (TPSA) is 28.2 Å². The molecule has 0 saturated carbocycles. The van der Waals surface area contributed by atoms with E-state index in [1.165, 1.54) is 43.6 Å². The Bertz CT molecular complexity index is 399. The Labute approximate surface area is 130 Å². The van der Waals surface area contributed by atoms with Crippen LogP contribution in [0, 0.1) is 11.8 Å². The van der Waals surface area contributed by atoms with Crippen molar-refractivity contribution in [2.45, 2.75) is 53.1 Å². The van der Waals surface area contributed by atoms with Crippen molar-refractivity contribution in [2.24, 2.45) is 11.8 Å². The van der Waals surface area contributed by atoms with Crippen molar-refractivity contribution in [3.8, 4) is 0 Å². The van der Waals surface area contributed by atoms with Gasteiger partial charge in [0, 0.05) is 19.3 Å². The van der Waals surface area contributed by atoms with Gasteiger partial charge < -0.3 is 5.32 Å². The Morgan fingerprint density at radius 1 is 1.29 bits per heavy atom. The molecule has 118 valence electrons. The predicted molar refractivity (Wildman–Crippen MR) is 89.1 cm³/mol. The molecule has 1 aromatic rings. The lowest BCUT2D eigenvalue weighted by atomic mass is 9.89. The Hall–Kier alpha value is -0.930. The molecule has 0 bridgehead atoms. The van der Waals surface area contributed by atoms with E-state index >= 15 is 0 Å². The third kappa shape index (κ3) is 5.40. The Kier molecular flexibility index (Phi) is 6.65. The summed E-state index contributed by atoms with van der Waals surface area (Å²) in [6.45, 7) is 12.2. The van der Waals surface area contributed by atoms with E-state index in [9.17, 15) is 0 Å². The quantitative estimate of drug-likeness (QED) is 0.869. The normalized spacial score (nSPS) is 20.7. The minimum absolute atomic E-state index is 0.827. The van der Waals surface area contributed by atoms with Crippen molar-refractivity contribution in [1.82, 2.24) is 15.2 Å². The molecule has 0 radical (unpaired) electrons. The van der Waals surface area contributed by atoms with Crippen LogP contribution in [0.25, 0.3) is 0 Å². The van der Waals surface area contributed by atoms with Crippen LogP contribution in [0.4, 0.5) is 0 Å². The van der Waals surface area contributed by atoms with Crippen molar-refractivity contribution in [3.05, 3.63) is 29.6 Å². The number of pyridine rings is 1. The smallest absolute Gasteiger partial charge is 0.0544 e. The number of aromatic nitrogens is 1. The van der Waals surface area contributed by atoms with E-state index in [-0.39, 0.29) is 0 Å². The summed E-state index contributed by atoms with van der Waals surface area (Å²) in [6, 6.07) is 4.40. The molecule has 0 aromatic carbocycles. The van der Waals surface area contributed by atoms with Crippen LogP contribution in [0.1, 0.15) is 51.3 Å². The highest BCUT2D eigenvalue weighted by atomic mass is 15.1. The van der Waals surface area contributed by atoms with Gasteiger partial charge in [0.1, 0.15) is 0 Å². The van der Waals surface area contributed by atoms with Crippen molar-refractivity contribution in [1.29, 1.82) is 0 Å². The molecule has 2 heterocycles. The van der Waals surface area contributed by atoms with Crippen LogP contribution in [0.5, 0.6) is 0 Å². The molecule has 1 fully saturated rings. The largest absolute Gasteiger partial charge is 0.313 e. The molecule has 2 rings (SSSR count). The van der Waals surface area contributed by atoms with Gasteiger partial charge in [-0.3, -0.25) is 9.88 Å². The van der Waals surface area contributed by atoms with E-state index in [4.69, 9.17) is 0 Å². The predicted octanol–water partition coefficient (Wildman–Crippen LogP) is 3.45. The van der Waals surface area contributed by atoms with E-state index in [0.29, 0.717) is 0 Å². The van der Waals surface area contributed by atoms with E-state index in [1.807, 2.05) is 6.20 Å². The average molecular weight is 289 g/mol. The molecule has 3 nitrogen and oxygen atoms in total. The highest BCUT2D eigenvalue weighted by Gasteiger charge is 2.19. The number of hydrogen-bond donors (Lipinski definition) is 1. The summed E-state index contributed by atoms with van der Waals surface area (Å²) < 4.78 is 0. The molecule has 0 amide bonds. The van der Waals surface area contributed by atoms with Gasteiger partial charge in [-0.05, 0) is 62.4 Å². The van der Waals surface area contributed by atoms with E-state index in [1.54, 1.807) is 0 Å². The summed E-state index contributed by atoms with van der Waals surface area (Å²) >= 11 is 0. The molecule has 1 N–H and O–H groups in total. The van der Waals surface area contributed by atoms with Gasteiger partial charge >= 0.3 is 0 Å². The second kappa shape index (κ2) is 8.50. The maximum atomic E-state index is 4.63. The van der Waals surface area contributed by atoms with Crippen LogP contribution >= 0.6 is 0 Å². The number of nitrogens with zero attached hydrogens (tertiary/aromatic N) is 2. The van der Waals surface area contributed by atoms with Gasteiger partial charge in [-0.15, -0.1) is 0 Å². The third-order valence-corrected chi connectivity index (χ3v) is 4.66. The van der Waals surface area contributed by atoms with E-state index in [0.717, 1.165) is 31.5 Å². The number of nitrogens with one attached hydrogen (secondary N) is 1. The molecule has 3 heteroatoms. The SMILES string of the molecule is CCNCc1ccc(CN2CCCC(C(C)C)CC2)nc1. The fourth-order valence-electron chi connectivity index (χ4n) is 3.16. The zero-order valence-corrected chi connectivity index (χ0v) is 13.9. The average Bonchev–Trinajstić information content (AvgIpc) is 2.72. The molecule has 21 heavy (non-hydrogen) atoms. The highest BCUT2D eigenvalue weighted by Crippen LogP contribution is 2.25. The van der Waals surface area contributed by atoms with Crippen LogP contribution in [0.3, 0.4) is 0 Å². The lowest BCUT2D eigenvalue weighted by molar-refractivity contribution is 0.262. The summed E-state index contributed by atoms with van der Waals surface area (Å²) in [5.41, 5.74) is 2.48. The maximum absolute atomic E-state index is 4.63. The summed E-state index contributed by atoms with van der Waals surface area (Å²) in [4.78, 5) is 7.21. The third-order valence-electron chi connectivity index (χ3n) is 4.66. The fraction of sp³-hybridized carbons (Fsp3) is 0.722. The Balaban J connectivity index is 1.83. The van der Waals surface area contributed by atoms with Crippen LogP contribution in [-0.2, 0) is 13.1 Å². The van der Waals surface area contributed by atoms with Gasteiger partial charge in [0.25, 0.3) is 0 Å². The van der Waals surface area contributed by atoms with Crippen molar-refractivity contribution in [3.63, 3.8) is 0 Å². The number of likely N-dealkylation sites (tertiary alicyclic amines) is 1. The molecule has 0 aliphatic carbocycles. The first-order valence-electron chi connectivity index (χ1n) is 8.56. The second-order valence-corrected chi connectivity index (χ2v) is 6.65. The monoisotopic (exact) mass is 289 g/mol. The molecule has 1 unspecified atom stereocenters. The highest BCUT2D eigenvalue weighted by molar-refractivity contribution is 5.14. The second-order valence-electron chi connectivity index (χ2n) is 6.65. The van der Waals surface area contributed by atoms with Crippen LogP contribution in [-0.4, -0.2) is 29.5 Å². The lowest BCUT2D eigenvalue weighted by Crippen LogP contribution is -2.25. The van der Waals surface area contributed by atoms with Gasteiger partial charge in [-0.1, -0.05) is 26.8 Å². The van der Waals surface area contributed by atoms with Gasteiger partial charge in [0.05, 0.1) is 5.69 Å². The van der Waals surface area contributed by atoms with Gasteiger partial charge in [-0.2, -0.15) is 0 Å². The van der Waals surface area contributed by atoms with E-state index < -0.39 is 0 Å². The molecular formula is C18H31N3. The summed E-state index contributed by atoms with van der Waals surface area (Å²) in [5, 5.41) is 3.34. The first kappa shape index (κ1) is 16.4. The fourth-order valence-corrected chi connectivity index (χ4v) is 3.16. The number of hydrogen-bond acceptors (Lipinski definition) is 3. The van der Waals surface area contributed by atoms with Gasteiger partial charge in [0.2, 0.25) is 0 Å². The first-order valence-corrected chi connectivity index (χ1v) is 8.56. The molecule has 1 saturated heterocycles. The van der Waals surface area contributed by atoms with Crippen LogP contribution in [0.2, 0.25) is 0 Å². The van der Waals surface area contributed by atoms with Crippen LogP contribution in [0.15, 0.2) is 18.3 Å². The first-order chi connectivity index (χ1) is 10.2. The Morgan fingerprint density at radius 2 is 2.14 bits per heavy atom. The zero-order chi connectivity index (χ0) is 15.1. The molecule has 0 spiro atoms. The lowest BCUT2D eigenvalue weighted by Gasteiger charge is -2.21. The van der Waals surface area contributed by atoms with Crippen LogP contribution < -0.4 is 5.32 Å². The standard InChI is InChI=1S/C18H31N3/c1-4-19-12-16-7-8-18(20-13-16)14-21-10-5-6-17(9-11-21)15(2)3/h7-8,13,15,17,19H,4-6,9-12,14H2,1-3H3. The van der Waals surface area contributed by atoms with Crippen molar-refractivity contribution in [2.75, 3.05) is 19.6 Å². The molecule has 1 aliphatic rings. The summed E-state index contributed by atoms with van der Waals surface area (Å²) in [6.07, 6.45) is 6.09. The van der Waals surface area contributed by atoms with Crippen molar-refractivity contribution < 1.29 is 0 Å². The maximum Gasteiger partial charge on any atom is 0.0544 e. The minimum Gasteiger partial charge on any atom is -0.313 e. The van der Waals surface area contributed by atoms with Gasteiger partial charge in [-0.25, -0.2) is 0 Å². The number of rotatable bonds is 6. The van der Waals surface area contributed by atoms with E-state index in [2.05, 4.69) is 48.1 Å². The van der Waals surface area contributed by atoms with Gasteiger partial charge in [0.15, 0.2) is 0 Å². The molecule has 1 aliphatic heterocycles. The summed E-state index contributed by atoms with van der Waals surface area (Å²) in [7, 11) is 0.